The summed E-state index contributed by atoms with van der Waals surface area (Å²) in [6.07, 6.45) is 6.13. The summed E-state index contributed by atoms with van der Waals surface area (Å²) in [5.41, 5.74) is 1.18. The zero-order valence-corrected chi connectivity index (χ0v) is 8.38. The molecule has 0 amide bonds. The monoisotopic (exact) mass is 196 g/mol. The number of hydrogen-bond donors (Lipinski definition) is 1. The molecule has 2 rings (SSSR count). The third-order valence-corrected chi connectivity index (χ3v) is 2.86. The minimum atomic E-state index is 0.412. The van der Waals surface area contributed by atoms with Crippen LogP contribution in [0.25, 0.3) is 0 Å². The molecule has 0 radical (unpaired) electrons. The van der Waals surface area contributed by atoms with Gasteiger partial charge >= 0.3 is 0 Å². The Labute approximate surface area is 83.3 Å². The summed E-state index contributed by atoms with van der Waals surface area (Å²) >= 11 is 6.07. The lowest BCUT2D eigenvalue weighted by molar-refractivity contribution is 0.528. The maximum atomic E-state index is 6.07. The molecule has 1 N–H and O–H groups in total. The number of rotatable bonds is 3. The molecule has 0 bridgehead atoms. The second-order valence-electron chi connectivity index (χ2n) is 3.50. The van der Waals surface area contributed by atoms with Crippen molar-refractivity contribution in [1.82, 2.24) is 10.3 Å². The molecule has 13 heavy (non-hydrogen) atoms. The van der Waals surface area contributed by atoms with Crippen LogP contribution in [0.2, 0.25) is 5.02 Å². The second-order valence-corrected chi connectivity index (χ2v) is 3.91. The third-order valence-electron chi connectivity index (χ3n) is 2.54. The first-order valence-corrected chi connectivity index (χ1v) is 4.97. The van der Waals surface area contributed by atoms with E-state index in [0.717, 1.165) is 10.9 Å². The van der Waals surface area contributed by atoms with Gasteiger partial charge in [0, 0.05) is 18.4 Å². The molecule has 1 unspecified atom stereocenters. The number of hydrogen-bond acceptors (Lipinski definition) is 2. The van der Waals surface area contributed by atoms with E-state index in [1.165, 1.54) is 18.4 Å². The van der Waals surface area contributed by atoms with E-state index in [2.05, 4.69) is 10.3 Å². The summed E-state index contributed by atoms with van der Waals surface area (Å²) in [6, 6.07) is 2.41. The Kier molecular flexibility index (Phi) is 2.51. The van der Waals surface area contributed by atoms with E-state index in [0.29, 0.717) is 6.04 Å². The smallest absolute Gasteiger partial charge is 0.0637 e. The van der Waals surface area contributed by atoms with Crippen LogP contribution in [0.3, 0.4) is 0 Å². The molecule has 1 fully saturated rings. The predicted molar refractivity (Wildman–Crippen MR) is 53.8 cm³/mol. The van der Waals surface area contributed by atoms with Gasteiger partial charge in [0.15, 0.2) is 0 Å². The van der Waals surface area contributed by atoms with Gasteiger partial charge in [-0.15, -0.1) is 0 Å². The second kappa shape index (κ2) is 3.64. The maximum absolute atomic E-state index is 6.07. The average molecular weight is 197 g/mol. The van der Waals surface area contributed by atoms with E-state index in [9.17, 15) is 0 Å². The molecule has 0 saturated heterocycles. The molecular weight excluding hydrogens is 184 g/mol. The van der Waals surface area contributed by atoms with E-state index in [1.807, 2.05) is 13.1 Å². The van der Waals surface area contributed by atoms with E-state index >= 15 is 0 Å². The van der Waals surface area contributed by atoms with Crippen molar-refractivity contribution in [3.63, 3.8) is 0 Å². The fraction of sp³-hybridized carbons (Fsp3) is 0.500. The molecule has 1 aliphatic carbocycles. The molecule has 3 heteroatoms. The minimum Gasteiger partial charge on any atom is -0.313 e. The van der Waals surface area contributed by atoms with E-state index in [4.69, 9.17) is 11.6 Å². The van der Waals surface area contributed by atoms with Crippen LogP contribution in [-0.4, -0.2) is 12.0 Å². The number of nitrogens with one attached hydrogen (secondary N) is 1. The van der Waals surface area contributed by atoms with Gasteiger partial charge in [-0.05, 0) is 37.4 Å². The summed E-state index contributed by atoms with van der Waals surface area (Å²) in [5, 5.41) is 4.08. The molecular formula is C10H13ClN2. The Morgan fingerprint density at radius 3 is 2.92 bits per heavy atom. The van der Waals surface area contributed by atoms with Gasteiger partial charge in [-0.3, -0.25) is 4.98 Å². The normalized spacial score (nSPS) is 18.6. The summed E-state index contributed by atoms with van der Waals surface area (Å²) in [7, 11) is 1.99. The van der Waals surface area contributed by atoms with Gasteiger partial charge in [0.1, 0.15) is 0 Å². The van der Waals surface area contributed by atoms with Crippen molar-refractivity contribution in [3.8, 4) is 0 Å². The van der Waals surface area contributed by atoms with Crippen molar-refractivity contribution in [3.05, 3.63) is 29.0 Å². The van der Waals surface area contributed by atoms with Gasteiger partial charge in [0.2, 0.25) is 0 Å². The Bertz CT molecular complexity index is 297. The Morgan fingerprint density at radius 2 is 2.38 bits per heavy atom. The average Bonchev–Trinajstić information content (AvgIpc) is 2.93. The van der Waals surface area contributed by atoms with Crippen molar-refractivity contribution in [2.75, 3.05) is 7.05 Å². The van der Waals surface area contributed by atoms with Gasteiger partial charge < -0.3 is 5.32 Å². The van der Waals surface area contributed by atoms with Crippen LogP contribution >= 0.6 is 11.6 Å². The Balaban J connectivity index is 2.26. The lowest BCUT2D eigenvalue weighted by atomic mass is 10.0. The highest BCUT2D eigenvalue weighted by molar-refractivity contribution is 6.31. The molecule has 1 aliphatic rings. The van der Waals surface area contributed by atoms with Gasteiger partial charge in [0.25, 0.3) is 0 Å². The van der Waals surface area contributed by atoms with Crippen LogP contribution in [0, 0.1) is 5.92 Å². The lowest BCUT2D eigenvalue weighted by Gasteiger charge is -2.16. The standard InChI is InChI=1S/C10H13ClN2/c1-12-10(7-2-3-7)8-4-5-13-6-9(8)11/h4-7,10,12H,2-3H2,1H3. The number of pyridine rings is 1. The summed E-state index contributed by atoms with van der Waals surface area (Å²) in [5.74, 6) is 0.768. The number of nitrogens with zero attached hydrogens (tertiary/aromatic N) is 1. The summed E-state index contributed by atoms with van der Waals surface area (Å²) in [4.78, 5) is 3.98. The summed E-state index contributed by atoms with van der Waals surface area (Å²) < 4.78 is 0. The first-order valence-electron chi connectivity index (χ1n) is 4.59. The molecule has 70 valence electrons. The third kappa shape index (κ3) is 1.84. The molecule has 1 heterocycles. The first-order chi connectivity index (χ1) is 6.33. The van der Waals surface area contributed by atoms with Crippen LogP contribution < -0.4 is 5.32 Å². The molecule has 1 aromatic rings. The topological polar surface area (TPSA) is 24.9 Å². The zero-order valence-electron chi connectivity index (χ0n) is 7.63. The van der Waals surface area contributed by atoms with Crippen LogP contribution in [0.1, 0.15) is 24.4 Å². The number of halogens is 1. The van der Waals surface area contributed by atoms with Crippen molar-refractivity contribution in [2.45, 2.75) is 18.9 Å². The zero-order chi connectivity index (χ0) is 9.26. The van der Waals surface area contributed by atoms with Gasteiger partial charge in [-0.2, -0.15) is 0 Å². The van der Waals surface area contributed by atoms with Gasteiger partial charge in [-0.25, -0.2) is 0 Å². The molecule has 0 spiro atoms. The fourth-order valence-corrected chi connectivity index (χ4v) is 1.95. The molecule has 1 atom stereocenters. The Hall–Kier alpha value is -0.600. The molecule has 0 aromatic carbocycles. The molecule has 1 aromatic heterocycles. The molecule has 2 nitrogen and oxygen atoms in total. The van der Waals surface area contributed by atoms with Gasteiger partial charge in [-0.1, -0.05) is 11.6 Å². The van der Waals surface area contributed by atoms with E-state index in [1.54, 1.807) is 12.4 Å². The molecule has 0 aliphatic heterocycles. The van der Waals surface area contributed by atoms with Crippen molar-refractivity contribution < 1.29 is 0 Å². The van der Waals surface area contributed by atoms with E-state index in [-0.39, 0.29) is 0 Å². The minimum absolute atomic E-state index is 0.412. The van der Waals surface area contributed by atoms with Crippen LogP contribution in [-0.2, 0) is 0 Å². The van der Waals surface area contributed by atoms with Crippen molar-refractivity contribution in [1.29, 1.82) is 0 Å². The van der Waals surface area contributed by atoms with Crippen LogP contribution in [0.15, 0.2) is 18.5 Å². The first kappa shape index (κ1) is 8.97. The highest BCUT2D eigenvalue weighted by Crippen LogP contribution is 2.42. The van der Waals surface area contributed by atoms with E-state index < -0.39 is 0 Å². The summed E-state index contributed by atoms with van der Waals surface area (Å²) in [6.45, 7) is 0. The quantitative estimate of drug-likeness (QED) is 0.803. The highest BCUT2D eigenvalue weighted by Gasteiger charge is 2.32. The lowest BCUT2D eigenvalue weighted by Crippen LogP contribution is -2.18. The Morgan fingerprint density at radius 1 is 1.62 bits per heavy atom. The fourth-order valence-electron chi connectivity index (χ4n) is 1.71. The van der Waals surface area contributed by atoms with Crippen LogP contribution in [0.5, 0.6) is 0 Å². The highest BCUT2D eigenvalue weighted by atomic mass is 35.5. The SMILES string of the molecule is CNC(c1ccncc1Cl)C1CC1. The van der Waals surface area contributed by atoms with Crippen LogP contribution in [0.4, 0.5) is 0 Å². The predicted octanol–water partition coefficient (Wildman–Crippen LogP) is 2.41. The van der Waals surface area contributed by atoms with Crippen molar-refractivity contribution >= 4 is 11.6 Å². The van der Waals surface area contributed by atoms with Gasteiger partial charge in [0.05, 0.1) is 5.02 Å². The maximum Gasteiger partial charge on any atom is 0.0637 e. The largest absolute Gasteiger partial charge is 0.313 e. The number of aromatic nitrogens is 1. The van der Waals surface area contributed by atoms with Crippen molar-refractivity contribution in [2.24, 2.45) is 5.92 Å². The molecule has 1 saturated carbocycles.